The van der Waals surface area contributed by atoms with Crippen LogP contribution in [0.3, 0.4) is 0 Å². The molecule has 2 saturated heterocycles. The number of nitrogens with zero attached hydrogens (tertiary/aromatic N) is 1. The van der Waals surface area contributed by atoms with Gasteiger partial charge in [-0.05, 0) is 32.6 Å². The predicted molar refractivity (Wildman–Crippen MR) is 73.8 cm³/mol. The highest BCUT2D eigenvalue weighted by Gasteiger charge is 2.48. The summed E-state index contributed by atoms with van der Waals surface area (Å²) in [6, 6.07) is 0.662. The standard InChI is InChI=1S/C15H28N2O/c1-3-14(2)11-16-15(7-4-5-8-15)12-17(14)13-6-9-18-10-13/h13,16H,3-12H2,1-2H3. The molecule has 0 aromatic carbocycles. The fraction of sp³-hybridized carbons (Fsp3) is 1.00. The highest BCUT2D eigenvalue weighted by molar-refractivity contribution is 5.07. The summed E-state index contributed by atoms with van der Waals surface area (Å²) in [7, 11) is 0. The highest BCUT2D eigenvalue weighted by atomic mass is 16.5. The monoisotopic (exact) mass is 252 g/mol. The van der Waals surface area contributed by atoms with Gasteiger partial charge in [0.1, 0.15) is 0 Å². The number of hydrogen-bond donors (Lipinski definition) is 1. The van der Waals surface area contributed by atoms with Crippen molar-refractivity contribution in [1.82, 2.24) is 10.2 Å². The molecule has 18 heavy (non-hydrogen) atoms. The van der Waals surface area contributed by atoms with Gasteiger partial charge in [-0.15, -0.1) is 0 Å². The molecule has 2 unspecified atom stereocenters. The first-order chi connectivity index (χ1) is 8.68. The smallest absolute Gasteiger partial charge is 0.0622 e. The van der Waals surface area contributed by atoms with Crippen molar-refractivity contribution in [2.24, 2.45) is 0 Å². The second-order valence-corrected chi connectivity index (χ2v) is 6.84. The van der Waals surface area contributed by atoms with Gasteiger partial charge in [-0.2, -0.15) is 0 Å². The Kier molecular flexibility index (Phi) is 3.41. The van der Waals surface area contributed by atoms with E-state index in [1.807, 2.05) is 0 Å². The molecule has 2 heterocycles. The third-order valence-corrected chi connectivity index (χ3v) is 5.68. The highest BCUT2D eigenvalue weighted by Crippen LogP contribution is 2.38. The average molecular weight is 252 g/mol. The van der Waals surface area contributed by atoms with Crippen LogP contribution in [0, 0.1) is 0 Å². The molecule has 2 aliphatic heterocycles. The van der Waals surface area contributed by atoms with Crippen molar-refractivity contribution in [1.29, 1.82) is 0 Å². The Morgan fingerprint density at radius 3 is 2.72 bits per heavy atom. The molecule has 1 N–H and O–H groups in total. The maximum Gasteiger partial charge on any atom is 0.0622 e. The molecule has 3 nitrogen and oxygen atoms in total. The lowest BCUT2D eigenvalue weighted by atomic mass is 9.83. The molecule has 3 heteroatoms. The zero-order valence-electron chi connectivity index (χ0n) is 12.0. The van der Waals surface area contributed by atoms with Crippen LogP contribution in [-0.2, 0) is 4.74 Å². The fourth-order valence-corrected chi connectivity index (χ4v) is 4.10. The first kappa shape index (κ1) is 12.9. The molecule has 3 fully saturated rings. The van der Waals surface area contributed by atoms with E-state index >= 15 is 0 Å². The number of rotatable bonds is 2. The van der Waals surface area contributed by atoms with Crippen LogP contribution in [0.25, 0.3) is 0 Å². The maximum absolute atomic E-state index is 5.64. The summed E-state index contributed by atoms with van der Waals surface area (Å²) in [5, 5.41) is 3.91. The molecule has 0 aromatic rings. The third-order valence-electron chi connectivity index (χ3n) is 5.68. The summed E-state index contributed by atoms with van der Waals surface area (Å²) in [6.45, 7) is 9.07. The van der Waals surface area contributed by atoms with E-state index in [9.17, 15) is 0 Å². The SMILES string of the molecule is CCC1(C)CNC2(CCCC2)CN1C1CCOC1. The van der Waals surface area contributed by atoms with Gasteiger partial charge < -0.3 is 10.1 Å². The summed E-state index contributed by atoms with van der Waals surface area (Å²) in [5.41, 5.74) is 0.753. The second-order valence-electron chi connectivity index (χ2n) is 6.84. The molecule has 2 atom stereocenters. The lowest BCUT2D eigenvalue weighted by Gasteiger charge is -2.54. The molecule has 0 amide bonds. The molecule has 0 radical (unpaired) electrons. The van der Waals surface area contributed by atoms with Gasteiger partial charge in [0, 0.05) is 36.8 Å². The van der Waals surface area contributed by atoms with Crippen LogP contribution < -0.4 is 5.32 Å². The minimum Gasteiger partial charge on any atom is -0.380 e. The van der Waals surface area contributed by atoms with Crippen LogP contribution >= 0.6 is 0 Å². The zero-order chi connectivity index (χ0) is 12.6. The topological polar surface area (TPSA) is 24.5 Å². The molecule has 104 valence electrons. The van der Waals surface area contributed by atoms with Gasteiger partial charge in [0.15, 0.2) is 0 Å². The van der Waals surface area contributed by atoms with E-state index in [2.05, 4.69) is 24.1 Å². The van der Waals surface area contributed by atoms with Gasteiger partial charge in [0.05, 0.1) is 6.61 Å². The first-order valence-corrected chi connectivity index (χ1v) is 7.77. The lowest BCUT2D eigenvalue weighted by molar-refractivity contribution is -0.0209. The van der Waals surface area contributed by atoms with Gasteiger partial charge in [-0.3, -0.25) is 4.90 Å². The quantitative estimate of drug-likeness (QED) is 0.815. The minimum absolute atomic E-state index is 0.326. The molecular weight excluding hydrogens is 224 g/mol. The summed E-state index contributed by atoms with van der Waals surface area (Å²) in [6.07, 6.45) is 8.02. The Morgan fingerprint density at radius 2 is 2.11 bits per heavy atom. The van der Waals surface area contributed by atoms with E-state index in [-0.39, 0.29) is 0 Å². The molecular formula is C15H28N2O. The van der Waals surface area contributed by atoms with Crippen LogP contribution in [0.2, 0.25) is 0 Å². The Hall–Kier alpha value is -0.120. The van der Waals surface area contributed by atoms with Crippen LogP contribution in [0.15, 0.2) is 0 Å². The van der Waals surface area contributed by atoms with Crippen molar-refractivity contribution in [3.63, 3.8) is 0 Å². The second kappa shape index (κ2) is 4.77. The van der Waals surface area contributed by atoms with Crippen LogP contribution in [0.4, 0.5) is 0 Å². The number of ether oxygens (including phenoxy) is 1. The van der Waals surface area contributed by atoms with Gasteiger partial charge in [-0.1, -0.05) is 19.8 Å². The van der Waals surface area contributed by atoms with E-state index in [1.165, 1.54) is 45.1 Å². The molecule has 1 saturated carbocycles. The Bertz CT molecular complexity index is 295. The Morgan fingerprint density at radius 1 is 1.33 bits per heavy atom. The zero-order valence-corrected chi connectivity index (χ0v) is 12.0. The first-order valence-electron chi connectivity index (χ1n) is 7.77. The van der Waals surface area contributed by atoms with Gasteiger partial charge in [-0.25, -0.2) is 0 Å². The normalized spacial score (nSPS) is 40.7. The van der Waals surface area contributed by atoms with Crippen molar-refractivity contribution in [2.75, 3.05) is 26.3 Å². The van der Waals surface area contributed by atoms with E-state index in [1.54, 1.807) is 0 Å². The van der Waals surface area contributed by atoms with Gasteiger partial charge in [0.25, 0.3) is 0 Å². The summed E-state index contributed by atoms with van der Waals surface area (Å²) in [4.78, 5) is 2.79. The number of nitrogens with one attached hydrogen (secondary N) is 1. The maximum atomic E-state index is 5.64. The molecule has 1 spiro atoms. The molecule has 0 bridgehead atoms. The third kappa shape index (κ3) is 2.10. The molecule has 3 aliphatic rings. The van der Waals surface area contributed by atoms with Crippen LogP contribution in [0.5, 0.6) is 0 Å². The Labute approximate surface area is 111 Å². The minimum atomic E-state index is 0.326. The predicted octanol–water partition coefficient (Wildman–Crippen LogP) is 2.16. The fourth-order valence-electron chi connectivity index (χ4n) is 4.10. The molecule has 3 rings (SSSR count). The van der Waals surface area contributed by atoms with Crippen molar-refractivity contribution >= 4 is 0 Å². The van der Waals surface area contributed by atoms with Gasteiger partial charge >= 0.3 is 0 Å². The van der Waals surface area contributed by atoms with E-state index in [4.69, 9.17) is 4.74 Å². The van der Waals surface area contributed by atoms with E-state index < -0.39 is 0 Å². The molecule has 1 aliphatic carbocycles. The average Bonchev–Trinajstić information content (AvgIpc) is 3.05. The molecule has 0 aromatic heterocycles. The number of hydrogen-bond acceptors (Lipinski definition) is 3. The van der Waals surface area contributed by atoms with Crippen molar-refractivity contribution in [3.8, 4) is 0 Å². The largest absolute Gasteiger partial charge is 0.380 e. The Balaban J connectivity index is 1.79. The van der Waals surface area contributed by atoms with Crippen molar-refractivity contribution < 1.29 is 4.74 Å². The lowest BCUT2D eigenvalue weighted by Crippen LogP contribution is -2.70. The van der Waals surface area contributed by atoms with E-state index in [0.29, 0.717) is 17.1 Å². The van der Waals surface area contributed by atoms with Crippen LogP contribution in [-0.4, -0.2) is 48.3 Å². The summed E-state index contributed by atoms with van der Waals surface area (Å²) < 4.78 is 5.64. The van der Waals surface area contributed by atoms with Crippen molar-refractivity contribution in [2.45, 2.75) is 69.5 Å². The van der Waals surface area contributed by atoms with E-state index in [0.717, 1.165) is 19.8 Å². The van der Waals surface area contributed by atoms with Gasteiger partial charge in [0.2, 0.25) is 0 Å². The van der Waals surface area contributed by atoms with Crippen LogP contribution in [0.1, 0.15) is 52.4 Å². The summed E-state index contributed by atoms with van der Waals surface area (Å²) in [5.74, 6) is 0. The van der Waals surface area contributed by atoms with Crippen molar-refractivity contribution in [3.05, 3.63) is 0 Å². The summed E-state index contributed by atoms with van der Waals surface area (Å²) >= 11 is 0. The number of piperazine rings is 1.